The SMILES string of the molecule is Br.C1=NNC(=NCCCCCOc2ccccc2)SC1. The molecule has 0 aliphatic carbocycles. The average Bonchev–Trinajstić information content (AvgIpc) is 2.48. The Balaban J connectivity index is 0.00000200. The minimum Gasteiger partial charge on any atom is -0.494 e. The highest BCUT2D eigenvalue weighted by Crippen LogP contribution is 2.09. The predicted molar refractivity (Wildman–Crippen MR) is 92.5 cm³/mol. The van der Waals surface area contributed by atoms with Crippen molar-refractivity contribution in [3.05, 3.63) is 30.3 Å². The number of thioether (sulfide) groups is 1. The summed E-state index contributed by atoms with van der Waals surface area (Å²) in [5.41, 5.74) is 2.90. The molecule has 0 radical (unpaired) electrons. The Morgan fingerprint density at radius 3 is 2.80 bits per heavy atom. The quantitative estimate of drug-likeness (QED) is 0.759. The molecule has 1 aromatic rings. The van der Waals surface area contributed by atoms with Crippen LogP contribution < -0.4 is 10.2 Å². The monoisotopic (exact) mass is 357 g/mol. The topological polar surface area (TPSA) is 46.0 Å². The molecule has 0 aromatic heterocycles. The third kappa shape index (κ3) is 6.96. The van der Waals surface area contributed by atoms with Gasteiger partial charge in [0.1, 0.15) is 5.75 Å². The van der Waals surface area contributed by atoms with E-state index < -0.39 is 0 Å². The van der Waals surface area contributed by atoms with Crippen LogP contribution >= 0.6 is 28.7 Å². The Hall–Kier alpha value is -1.01. The van der Waals surface area contributed by atoms with Crippen LogP contribution in [0.3, 0.4) is 0 Å². The van der Waals surface area contributed by atoms with Gasteiger partial charge in [-0.15, -0.1) is 17.0 Å². The summed E-state index contributed by atoms with van der Waals surface area (Å²) in [7, 11) is 0. The van der Waals surface area contributed by atoms with Crippen LogP contribution in [-0.2, 0) is 0 Å². The maximum absolute atomic E-state index is 5.63. The van der Waals surface area contributed by atoms with Crippen LogP contribution in [0.5, 0.6) is 5.75 Å². The van der Waals surface area contributed by atoms with E-state index in [0.717, 1.165) is 49.1 Å². The summed E-state index contributed by atoms with van der Waals surface area (Å²) in [4.78, 5) is 4.45. The molecular weight excluding hydrogens is 338 g/mol. The minimum absolute atomic E-state index is 0. The van der Waals surface area contributed by atoms with Gasteiger partial charge in [-0.05, 0) is 31.4 Å². The number of hydrogen-bond donors (Lipinski definition) is 1. The Bertz CT molecular complexity index is 426. The van der Waals surface area contributed by atoms with E-state index in [0.29, 0.717) is 0 Å². The summed E-state index contributed by atoms with van der Waals surface area (Å²) in [6.45, 7) is 1.63. The summed E-state index contributed by atoms with van der Waals surface area (Å²) in [5, 5.41) is 4.91. The van der Waals surface area contributed by atoms with Crippen molar-refractivity contribution in [2.45, 2.75) is 19.3 Å². The number of unbranched alkanes of at least 4 members (excludes halogenated alkanes) is 2. The molecule has 110 valence electrons. The molecule has 1 aromatic carbocycles. The molecule has 0 unspecified atom stereocenters. The number of halogens is 1. The Labute approximate surface area is 134 Å². The van der Waals surface area contributed by atoms with Gasteiger partial charge in [-0.3, -0.25) is 10.4 Å². The predicted octanol–water partition coefficient (Wildman–Crippen LogP) is 3.49. The fourth-order valence-electron chi connectivity index (χ4n) is 1.65. The molecule has 1 aliphatic rings. The molecule has 0 spiro atoms. The van der Waals surface area contributed by atoms with Gasteiger partial charge in [0.25, 0.3) is 0 Å². The van der Waals surface area contributed by atoms with Gasteiger partial charge < -0.3 is 4.74 Å². The second-order valence-electron chi connectivity index (χ2n) is 4.14. The van der Waals surface area contributed by atoms with Crippen molar-refractivity contribution in [1.29, 1.82) is 0 Å². The van der Waals surface area contributed by atoms with Crippen LogP contribution in [-0.4, -0.2) is 30.3 Å². The van der Waals surface area contributed by atoms with E-state index in [4.69, 9.17) is 4.74 Å². The fourth-order valence-corrected chi connectivity index (χ4v) is 2.25. The number of nitrogens with zero attached hydrogens (tertiary/aromatic N) is 2. The van der Waals surface area contributed by atoms with E-state index in [1.807, 2.05) is 36.5 Å². The molecule has 0 amide bonds. The largest absolute Gasteiger partial charge is 0.494 e. The normalized spacial score (nSPS) is 15.5. The molecule has 0 saturated carbocycles. The van der Waals surface area contributed by atoms with Crippen LogP contribution in [0.2, 0.25) is 0 Å². The lowest BCUT2D eigenvalue weighted by Gasteiger charge is -2.08. The lowest BCUT2D eigenvalue weighted by molar-refractivity contribution is 0.305. The first kappa shape index (κ1) is 17.0. The maximum atomic E-state index is 5.63. The molecule has 0 fully saturated rings. The summed E-state index contributed by atoms with van der Waals surface area (Å²) in [6.07, 6.45) is 5.15. The zero-order chi connectivity index (χ0) is 13.2. The number of para-hydroxylation sites is 1. The van der Waals surface area contributed by atoms with Crippen molar-refractivity contribution in [2.24, 2.45) is 10.1 Å². The molecule has 4 nitrogen and oxygen atoms in total. The van der Waals surface area contributed by atoms with Crippen molar-refractivity contribution in [3.63, 3.8) is 0 Å². The molecule has 0 bridgehead atoms. The first-order valence-corrected chi connectivity index (χ1v) is 7.56. The van der Waals surface area contributed by atoms with Gasteiger partial charge >= 0.3 is 0 Å². The lowest BCUT2D eigenvalue weighted by Crippen LogP contribution is -2.19. The van der Waals surface area contributed by atoms with E-state index in [1.165, 1.54) is 0 Å². The number of rotatable bonds is 7. The third-order valence-electron chi connectivity index (χ3n) is 2.62. The molecule has 0 atom stereocenters. The highest BCUT2D eigenvalue weighted by Gasteiger charge is 2.01. The summed E-state index contributed by atoms with van der Waals surface area (Å²) < 4.78 is 5.63. The number of nitrogens with one attached hydrogen (secondary N) is 1. The van der Waals surface area contributed by atoms with Crippen LogP contribution in [0.1, 0.15) is 19.3 Å². The second-order valence-corrected chi connectivity index (χ2v) is 5.15. The van der Waals surface area contributed by atoms with Gasteiger partial charge in [-0.25, -0.2) is 0 Å². The molecule has 20 heavy (non-hydrogen) atoms. The molecule has 1 heterocycles. The van der Waals surface area contributed by atoms with Gasteiger partial charge in [0.15, 0.2) is 5.17 Å². The maximum Gasteiger partial charge on any atom is 0.177 e. The van der Waals surface area contributed by atoms with Gasteiger partial charge in [-0.2, -0.15) is 5.10 Å². The van der Waals surface area contributed by atoms with Crippen molar-refractivity contribution in [2.75, 3.05) is 18.9 Å². The van der Waals surface area contributed by atoms with Crippen molar-refractivity contribution >= 4 is 40.1 Å². The van der Waals surface area contributed by atoms with Crippen molar-refractivity contribution in [3.8, 4) is 5.75 Å². The standard InChI is InChI=1S/C14H19N3OS.BrH/c1-3-7-13(8-4-1)18-11-6-2-5-9-15-14-17-16-10-12-19-14;/h1,3-4,7-8,10H,2,5-6,9,11-12H2,(H,15,17);1H. The third-order valence-corrected chi connectivity index (χ3v) is 3.43. The van der Waals surface area contributed by atoms with E-state index in [2.05, 4.69) is 15.5 Å². The van der Waals surface area contributed by atoms with E-state index >= 15 is 0 Å². The van der Waals surface area contributed by atoms with E-state index in [-0.39, 0.29) is 17.0 Å². The van der Waals surface area contributed by atoms with Crippen LogP contribution in [0.15, 0.2) is 40.4 Å². The van der Waals surface area contributed by atoms with Crippen LogP contribution in [0.4, 0.5) is 0 Å². The number of amidine groups is 1. The summed E-state index contributed by atoms with van der Waals surface area (Å²) in [6, 6.07) is 9.94. The number of aliphatic imine (C=N–C) groups is 1. The highest BCUT2D eigenvalue weighted by molar-refractivity contribution is 8.93. The first-order chi connectivity index (χ1) is 9.45. The number of hydrazone groups is 1. The van der Waals surface area contributed by atoms with E-state index in [1.54, 1.807) is 11.8 Å². The molecule has 0 saturated heterocycles. The molecule has 6 heteroatoms. The second kappa shape index (κ2) is 10.7. The van der Waals surface area contributed by atoms with Gasteiger partial charge in [0.2, 0.25) is 0 Å². The smallest absolute Gasteiger partial charge is 0.177 e. The number of hydrogen-bond acceptors (Lipinski definition) is 4. The fraction of sp³-hybridized carbons (Fsp3) is 0.429. The Kier molecular flexibility index (Phi) is 9.15. The molecular formula is C14H20BrN3OS. The molecule has 2 rings (SSSR count). The summed E-state index contributed by atoms with van der Waals surface area (Å²) >= 11 is 1.69. The van der Waals surface area contributed by atoms with Crippen LogP contribution in [0.25, 0.3) is 0 Å². The van der Waals surface area contributed by atoms with Crippen molar-refractivity contribution in [1.82, 2.24) is 5.43 Å². The zero-order valence-electron chi connectivity index (χ0n) is 11.3. The summed E-state index contributed by atoms with van der Waals surface area (Å²) in [5.74, 6) is 1.86. The average molecular weight is 358 g/mol. The minimum atomic E-state index is 0. The molecule has 1 N–H and O–H groups in total. The van der Waals surface area contributed by atoms with Gasteiger partial charge in [-0.1, -0.05) is 30.0 Å². The highest BCUT2D eigenvalue weighted by atomic mass is 79.9. The van der Waals surface area contributed by atoms with Gasteiger partial charge in [0, 0.05) is 18.5 Å². The number of ether oxygens (including phenoxy) is 1. The lowest BCUT2D eigenvalue weighted by atomic mass is 10.2. The van der Waals surface area contributed by atoms with Crippen molar-refractivity contribution < 1.29 is 4.74 Å². The van der Waals surface area contributed by atoms with Gasteiger partial charge in [0.05, 0.1) is 6.61 Å². The zero-order valence-corrected chi connectivity index (χ0v) is 13.9. The molecule has 1 aliphatic heterocycles. The Morgan fingerprint density at radius 2 is 2.05 bits per heavy atom. The van der Waals surface area contributed by atoms with Crippen LogP contribution in [0, 0.1) is 0 Å². The first-order valence-electron chi connectivity index (χ1n) is 6.58. The Morgan fingerprint density at radius 1 is 1.20 bits per heavy atom. The van der Waals surface area contributed by atoms with E-state index in [9.17, 15) is 0 Å². The number of benzene rings is 1.